The van der Waals surface area contributed by atoms with E-state index in [1.54, 1.807) is 12.1 Å². The normalized spacial score (nSPS) is 12.5. The van der Waals surface area contributed by atoms with Crippen molar-refractivity contribution in [2.45, 2.75) is 12.3 Å². The minimum absolute atomic E-state index is 0.313. The van der Waals surface area contributed by atoms with Crippen molar-refractivity contribution in [3.63, 3.8) is 0 Å². The Morgan fingerprint density at radius 2 is 1.03 bits per heavy atom. The first kappa shape index (κ1) is 21.8. The second kappa shape index (κ2) is 8.98. The van der Waals surface area contributed by atoms with Gasteiger partial charge in [-0.2, -0.15) is 0 Å². The first-order valence-electron chi connectivity index (χ1n) is 9.93. The third-order valence-corrected chi connectivity index (χ3v) is 11.0. The third kappa shape index (κ3) is 4.46. The van der Waals surface area contributed by atoms with E-state index in [0.717, 1.165) is 15.9 Å². The van der Waals surface area contributed by atoms with Crippen LogP contribution in [0.3, 0.4) is 0 Å². The maximum absolute atomic E-state index is 14.0. The van der Waals surface area contributed by atoms with E-state index in [0.29, 0.717) is 16.2 Å². The molecular formula is C26H21BrF3P. The molecule has 0 radical (unpaired) electrons. The Balaban J connectivity index is 2.03. The molecule has 0 bridgehead atoms. The Bertz CT molecular complexity index is 1050. The molecule has 0 saturated carbocycles. The molecule has 158 valence electrons. The zero-order chi connectivity index (χ0) is 21.9. The molecule has 0 nitrogen and oxygen atoms in total. The van der Waals surface area contributed by atoms with Gasteiger partial charge in [0.1, 0.15) is 0 Å². The summed E-state index contributed by atoms with van der Waals surface area (Å²) in [4.78, 5) is 0. The molecule has 4 aromatic rings. The van der Waals surface area contributed by atoms with Crippen molar-refractivity contribution >= 4 is 39.1 Å². The van der Waals surface area contributed by atoms with Crippen LogP contribution in [0.15, 0.2) is 114 Å². The number of alkyl halides is 3. The Morgan fingerprint density at radius 1 is 0.613 bits per heavy atom. The Labute approximate surface area is 189 Å². The van der Waals surface area contributed by atoms with Gasteiger partial charge in [0.2, 0.25) is 0 Å². The van der Waals surface area contributed by atoms with Crippen LogP contribution in [0.4, 0.5) is 13.2 Å². The Hall–Kier alpha value is -2.42. The summed E-state index contributed by atoms with van der Waals surface area (Å²) in [5.41, 5.74) is -0.263. The van der Waals surface area contributed by atoms with E-state index in [4.69, 9.17) is 0 Å². The molecule has 0 unspecified atom stereocenters. The molecule has 0 aromatic heterocycles. The van der Waals surface area contributed by atoms with Crippen LogP contribution < -0.4 is 15.9 Å². The molecule has 0 saturated heterocycles. The summed E-state index contributed by atoms with van der Waals surface area (Å²) in [5, 5.41) is 3.26. The van der Waals surface area contributed by atoms with Crippen molar-refractivity contribution in [1.29, 1.82) is 0 Å². The predicted octanol–water partition coefficient (Wildman–Crippen LogP) is 6.69. The van der Waals surface area contributed by atoms with E-state index in [2.05, 4.69) is 52.3 Å². The van der Waals surface area contributed by atoms with Crippen molar-refractivity contribution in [1.82, 2.24) is 0 Å². The van der Waals surface area contributed by atoms with Gasteiger partial charge < -0.3 is 0 Å². The van der Waals surface area contributed by atoms with E-state index in [9.17, 15) is 13.2 Å². The SMILES string of the molecule is FC(F)(F)c1cc(Br)ccc1C[PH](c1ccccc1)(c1ccccc1)c1ccccc1. The number of hydrogen-bond donors (Lipinski definition) is 0. The van der Waals surface area contributed by atoms with Crippen molar-refractivity contribution in [3.05, 3.63) is 125 Å². The summed E-state index contributed by atoms with van der Waals surface area (Å²) in [7, 11) is -2.81. The number of rotatable bonds is 5. The molecular weight excluding hydrogens is 480 g/mol. The fourth-order valence-electron chi connectivity index (χ4n) is 4.23. The van der Waals surface area contributed by atoms with E-state index < -0.39 is 19.0 Å². The van der Waals surface area contributed by atoms with E-state index in [-0.39, 0.29) is 0 Å². The standard InChI is InChI=1S/C26H21BrF3P/c27-21-17-16-20(25(18-21)26(28,29)30)19-31(22-10-4-1-5-11-22,23-12-6-2-7-13-23)24-14-8-3-9-15-24/h1-18,31H,19H2. The van der Waals surface area contributed by atoms with Gasteiger partial charge in [0.15, 0.2) is 0 Å². The molecule has 0 amide bonds. The third-order valence-electron chi connectivity index (χ3n) is 5.63. The molecule has 0 spiro atoms. The van der Waals surface area contributed by atoms with Gasteiger partial charge >= 0.3 is 189 Å². The van der Waals surface area contributed by atoms with Gasteiger partial charge in [-0.05, 0) is 0 Å². The van der Waals surface area contributed by atoms with E-state index >= 15 is 0 Å². The zero-order valence-electron chi connectivity index (χ0n) is 16.6. The number of benzene rings is 4. The molecule has 0 heterocycles. The van der Waals surface area contributed by atoms with Crippen LogP contribution in [0, 0.1) is 0 Å². The molecule has 0 aliphatic carbocycles. The fourth-order valence-corrected chi connectivity index (χ4v) is 9.36. The first-order valence-corrected chi connectivity index (χ1v) is 12.9. The van der Waals surface area contributed by atoms with Gasteiger partial charge in [-0.3, -0.25) is 0 Å². The number of hydrogen-bond acceptors (Lipinski definition) is 0. The average molecular weight is 501 g/mol. The molecule has 4 aromatic carbocycles. The predicted molar refractivity (Wildman–Crippen MR) is 129 cm³/mol. The van der Waals surface area contributed by atoms with Crippen LogP contribution in [-0.4, -0.2) is 0 Å². The minimum atomic E-state index is -4.43. The van der Waals surface area contributed by atoms with Crippen molar-refractivity contribution in [3.8, 4) is 0 Å². The second-order valence-corrected chi connectivity index (χ2v) is 12.3. The molecule has 31 heavy (non-hydrogen) atoms. The average Bonchev–Trinajstić information content (AvgIpc) is 2.79. The molecule has 0 N–H and O–H groups in total. The number of halogens is 4. The van der Waals surface area contributed by atoms with Gasteiger partial charge in [0, 0.05) is 0 Å². The summed E-state index contributed by atoms with van der Waals surface area (Å²) in [5.74, 6) is 0. The summed E-state index contributed by atoms with van der Waals surface area (Å²) in [6, 6.07) is 34.5. The fraction of sp³-hybridized carbons (Fsp3) is 0.0769. The van der Waals surface area contributed by atoms with Crippen LogP contribution in [0.5, 0.6) is 0 Å². The summed E-state index contributed by atoms with van der Waals surface area (Å²) < 4.78 is 42.4. The van der Waals surface area contributed by atoms with Crippen molar-refractivity contribution in [2.75, 3.05) is 0 Å². The van der Waals surface area contributed by atoms with Crippen molar-refractivity contribution in [2.24, 2.45) is 0 Å². The first-order chi connectivity index (χ1) is 14.9. The van der Waals surface area contributed by atoms with Crippen molar-refractivity contribution < 1.29 is 13.2 Å². The van der Waals surface area contributed by atoms with Gasteiger partial charge in [0.05, 0.1) is 0 Å². The monoisotopic (exact) mass is 500 g/mol. The van der Waals surface area contributed by atoms with Crippen LogP contribution in [0.2, 0.25) is 0 Å². The molecule has 0 aliphatic heterocycles. The summed E-state index contributed by atoms with van der Waals surface area (Å²) in [6.45, 7) is 0. The summed E-state index contributed by atoms with van der Waals surface area (Å²) in [6.07, 6.45) is -4.11. The second-order valence-electron chi connectivity index (χ2n) is 7.48. The maximum atomic E-state index is 14.0. The molecule has 0 aliphatic rings. The Morgan fingerprint density at radius 3 is 1.42 bits per heavy atom. The van der Waals surface area contributed by atoms with Gasteiger partial charge in [-0.15, -0.1) is 0 Å². The van der Waals surface area contributed by atoms with Gasteiger partial charge in [-0.1, -0.05) is 0 Å². The van der Waals surface area contributed by atoms with Gasteiger partial charge in [0.25, 0.3) is 0 Å². The van der Waals surface area contributed by atoms with E-state index in [1.807, 2.05) is 54.6 Å². The molecule has 4 rings (SSSR count). The quantitative estimate of drug-likeness (QED) is 0.267. The van der Waals surface area contributed by atoms with Crippen LogP contribution in [-0.2, 0) is 12.3 Å². The molecule has 0 fully saturated rings. The van der Waals surface area contributed by atoms with Crippen LogP contribution in [0.25, 0.3) is 0 Å². The van der Waals surface area contributed by atoms with Crippen LogP contribution >= 0.6 is 23.2 Å². The van der Waals surface area contributed by atoms with Crippen LogP contribution in [0.1, 0.15) is 11.1 Å². The molecule has 5 heteroatoms. The van der Waals surface area contributed by atoms with E-state index in [1.165, 1.54) is 6.07 Å². The van der Waals surface area contributed by atoms with Gasteiger partial charge in [-0.25, -0.2) is 0 Å². The Kier molecular flexibility index (Phi) is 6.31. The molecule has 0 atom stereocenters. The topological polar surface area (TPSA) is 0 Å². The zero-order valence-corrected chi connectivity index (χ0v) is 19.2. The summed E-state index contributed by atoms with van der Waals surface area (Å²) >= 11 is 3.21.